The molecular formula is C27H25N5O5. The summed E-state index contributed by atoms with van der Waals surface area (Å²) in [4.78, 5) is 42.1. The van der Waals surface area contributed by atoms with Crippen molar-refractivity contribution in [3.8, 4) is 6.07 Å². The van der Waals surface area contributed by atoms with Gasteiger partial charge in [0.25, 0.3) is 5.91 Å². The summed E-state index contributed by atoms with van der Waals surface area (Å²) in [5.74, 6) is -2.91. The highest BCUT2D eigenvalue weighted by Crippen LogP contribution is 2.51. The molecule has 2 aliphatic heterocycles. The summed E-state index contributed by atoms with van der Waals surface area (Å²) in [5, 5.41) is 15.8. The van der Waals surface area contributed by atoms with Gasteiger partial charge < -0.3 is 15.2 Å². The number of rotatable bonds is 5. The first kappa shape index (κ1) is 25.2. The van der Waals surface area contributed by atoms with Gasteiger partial charge in [-0.3, -0.25) is 9.69 Å². The number of para-hydroxylation sites is 1. The van der Waals surface area contributed by atoms with Crippen molar-refractivity contribution in [2.24, 2.45) is 16.3 Å². The van der Waals surface area contributed by atoms with Crippen molar-refractivity contribution < 1.29 is 23.9 Å². The van der Waals surface area contributed by atoms with E-state index >= 15 is 0 Å². The Balaban J connectivity index is 2.09. The van der Waals surface area contributed by atoms with E-state index in [9.17, 15) is 19.6 Å². The van der Waals surface area contributed by atoms with Crippen molar-refractivity contribution in [3.05, 3.63) is 82.8 Å². The zero-order valence-corrected chi connectivity index (χ0v) is 20.8. The normalized spacial score (nSPS) is 19.2. The summed E-state index contributed by atoms with van der Waals surface area (Å²) in [5.41, 5.74) is 5.32. The summed E-state index contributed by atoms with van der Waals surface area (Å²) in [6.07, 6.45) is 0.769. The maximum absolute atomic E-state index is 14.2. The average Bonchev–Trinajstić information content (AvgIpc) is 3.18. The van der Waals surface area contributed by atoms with Crippen LogP contribution in [0.2, 0.25) is 0 Å². The lowest BCUT2D eigenvalue weighted by Gasteiger charge is -2.40. The van der Waals surface area contributed by atoms with Crippen LogP contribution < -0.4 is 15.6 Å². The Bertz CT molecular complexity index is 1420. The van der Waals surface area contributed by atoms with Gasteiger partial charge >= 0.3 is 11.9 Å². The highest BCUT2D eigenvalue weighted by Gasteiger charge is 2.63. The molecule has 2 N–H and O–H groups in total. The van der Waals surface area contributed by atoms with Crippen LogP contribution in [0.25, 0.3) is 0 Å². The van der Waals surface area contributed by atoms with Crippen LogP contribution in [0.3, 0.4) is 0 Å². The van der Waals surface area contributed by atoms with Crippen LogP contribution in [0.15, 0.2) is 82.4 Å². The van der Waals surface area contributed by atoms with Crippen molar-refractivity contribution in [1.29, 1.82) is 5.26 Å². The quantitative estimate of drug-likeness (QED) is 0.620. The molecule has 10 heteroatoms. The number of nitrogens with zero attached hydrogens (tertiary/aromatic N) is 4. The second-order valence-corrected chi connectivity index (χ2v) is 8.32. The second-order valence-electron chi connectivity index (χ2n) is 8.32. The first-order chi connectivity index (χ1) is 17.8. The van der Waals surface area contributed by atoms with Gasteiger partial charge in [0, 0.05) is 5.69 Å². The van der Waals surface area contributed by atoms with Crippen LogP contribution in [0, 0.1) is 16.7 Å². The Morgan fingerprint density at radius 3 is 2.19 bits per heavy atom. The summed E-state index contributed by atoms with van der Waals surface area (Å²) in [6, 6.07) is 17.6. The average molecular weight is 500 g/mol. The predicted octanol–water partition coefficient (Wildman–Crippen LogP) is 2.77. The number of esters is 2. The zero-order valence-electron chi connectivity index (χ0n) is 20.8. The third kappa shape index (κ3) is 3.63. The molecule has 0 aromatic heterocycles. The number of anilines is 2. The number of aryl methyl sites for hydroxylation is 1. The maximum atomic E-state index is 14.2. The lowest BCUT2D eigenvalue weighted by molar-refractivity contribution is -0.141. The first-order valence-corrected chi connectivity index (χ1v) is 11.4. The summed E-state index contributed by atoms with van der Waals surface area (Å²) in [7, 11) is 2.26. The molecular weight excluding hydrogens is 474 g/mol. The van der Waals surface area contributed by atoms with Crippen LogP contribution in [0.5, 0.6) is 0 Å². The molecule has 0 saturated carbocycles. The Kier molecular flexibility index (Phi) is 6.55. The number of ether oxygens (including phenoxy) is 2. The fraction of sp³-hybridized carbons (Fsp3) is 0.222. The number of hydrogen-bond donors (Lipinski definition) is 1. The minimum Gasteiger partial charge on any atom is -0.466 e. The molecule has 0 aliphatic carbocycles. The van der Waals surface area contributed by atoms with E-state index in [1.807, 2.05) is 25.1 Å². The molecule has 2 aliphatic rings. The van der Waals surface area contributed by atoms with Crippen LogP contribution in [0.1, 0.15) is 19.4 Å². The van der Waals surface area contributed by atoms with E-state index in [0.29, 0.717) is 11.4 Å². The molecule has 1 spiro atoms. The molecule has 1 unspecified atom stereocenters. The van der Waals surface area contributed by atoms with Gasteiger partial charge in [0.2, 0.25) is 0 Å². The van der Waals surface area contributed by atoms with Gasteiger partial charge in [-0.05, 0) is 43.2 Å². The Hall–Kier alpha value is -4.91. The van der Waals surface area contributed by atoms with Crippen molar-refractivity contribution in [2.75, 3.05) is 24.1 Å². The molecule has 2 aromatic rings. The number of amides is 1. The number of benzene rings is 2. The minimum absolute atomic E-state index is 0.0728. The van der Waals surface area contributed by atoms with E-state index in [1.165, 1.54) is 11.8 Å². The van der Waals surface area contributed by atoms with E-state index < -0.39 is 28.8 Å². The van der Waals surface area contributed by atoms with E-state index in [4.69, 9.17) is 15.2 Å². The molecule has 0 saturated heterocycles. The summed E-state index contributed by atoms with van der Waals surface area (Å²) < 4.78 is 10.1. The van der Waals surface area contributed by atoms with Crippen LogP contribution in [-0.2, 0) is 30.3 Å². The van der Waals surface area contributed by atoms with E-state index in [1.54, 1.807) is 42.5 Å². The third-order valence-electron chi connectivity index (χ3n) is 6.50. The number of carbonyl (C=O) groups excluding carboxylic acids is 3. The standard InChI is InChI=1S/C27H25N5O5/c1-5-17-11-13-18(14-12-17)31-22(25(34)37-4)21(24(33)36-3)27(20(15-28)23(31)29)16(2)30-32(26(27)35)19-9-7-6-8-10-19/h6-14H,5,29H2,1-4H3. The molecule has 37 heavy (non-hydrogen) atoms. The van der Waals surface area contributed by atoms with E-state index in [0.717, 1.165) is 31.2 Å². The fourth-order valence-corrected chi connectivity index (χ4v) is 4.67. The number of methoxy groups -OCH3 is 2. The second kappa shape index (κ2) is 9.62. The first-order valence-electron chi connectivity index (χ1n) is 11.4. The zero-order chi connectivity index (χ0) is 26.9. The van der Waals surface area contributed by atoms with E-state index in [2.05, 4.69) is 5.10 Å². The van der Waals surface area contributed by atoms with Crippen molar-refractivity contribution >= 4 is 34.9 Å². The highest BCUT2D eigenvalue weighted by molar-refractivity contribution is 6.29. The van der Waals surface area contributed by atoms with E-state index in [-0.39, 0.29) is 22.8 Å². The van der Waals surface area contributed by atoms with Gasteiger partial charge in [0.05, 0.1) is 36.8 Å². The van der Waals surface area contributed by atoms with Crippen molar-refractivity contribution in [3.63, 3.8) is 0 Å². The fourth-order valence-electron chi connectivity index (χ4n) is 4.67. The van der Waals surface area contributed by atoms with Gasteiger partial charge in [0.15, 0.2) is 5.41 Å². The van der Waals surface area contributed by atoms with Gasteiger partial charge in [-0.25, -0.2) is 9.59 Å². The third-order valence-corrected chi connectivity index (χ3v) is 6.50. The molecule has 1 amide bonds. The lowest BCUT2D eigenvalue weighted by atomic mass is 9.67. The molecule has 2 aromatic carbocycles. The van der Waals surface area contributed by atoms with Gasteiger partial charge in [0.1, 0.15) is 17.6 Å². The smallest absolute Gasteiger partial charge is 0.355 e. The topological polar surface area (TPSA) is 138 Å². The molecule has 1 atom stereocenters. The van der Waals surface area contributed by atoms with Gasteiger partial charge in [-0.2, -0.15) is 15.4 Å². The molecule has 4 rings (SSSR count). The molecule has 0 fully saturated rings. The van der Waals surface area contributed by atoms with Gasteiger partial charge in [-0.1, -0.05) is 37.3 Å². The van der Waals surface area contributed by atoms with Crippen molar-refractivity contribution in [1.82, 2.24) is 0 Å². The van der Waals surface area contributed by atoms with Crippen molar-refractivity contribution in [2.45, 2.75) is 20.3 Å². The number of carbonyl (C=O) groups is 3. The number of nitrogens with two attached hydrogens (primary N) is 1. The largest absolute Gasteiger partial charge is 0.466 e. The minimum atomic E-state index is -2.11. The number of nitriles is 1. The predicted molar refractivity (Wildman–Crippen MR) is 136 cm³/mol. The van der Waals surface area contributed by atoms with Gasteiger partial charge in [-0.15, -0.1) is 0 Å². The Morgan fingerprint density at radius 1 is 1.03 bits per heavy atom. The summed E-state index contributed by atoms with van der Waals surface area (Å²) >= 11 is 0. The van der Waals surface area contributed by atoms with Crippen LogP contribution >= 0.6 is 0 Å². The lowest BCUT2D eigenvalue weighted by Crippen LogP contribution is -2.53. The Labute approximate surface area is 213 Å². The molecule has 188 valence electrons. The summed E-state index contributed by atoms with van der Waals surface area (Å²) in [6.45, 7) is 3.48. The SMILES string of the molecule is CCc1ccc(N2C(N)=C(C#N)C3(C(=O)N(c4ccccc4)N=C3C)C(C(=O)OC)=C2C(=O)OC)cc1. The molecule has 0 bridgehead atoms. The monoisotopic (exact) mass is 499 g/mol. The van der Waals surface area contributed by atoms with Crippen LogP contribution in [0.4, 0.5) is 11.4 Å². The highest BCUT2D eigenvalue weighted by atomic mass is 16.5. The maximum Gasteiger partial charge on any atom is 0.355 e. The number of hydrogen-bond acceptors (Lipinski definition) is 9. The molecule has 10 nitrogen and oxygen atoms in total. The Morgan fingerprint density at radius 2 is 1.65 bits per heavy atom. The van der Waals surface area contributed by atoms with Crippen LogP contribution in [-0.4, -0.2) is 37.8 Å². The molecule has 0 radical (unpaired) electrons. The molecule has 2 heterocycles. The number of hydrazone groups is 1.